The van der Waals surface area contributed by atoms with Crippen LogP contribution in [0.2, 0.25) is 0 Å². The fourth-order valence-corrected chi connectivity index (χ4v) is 3.57. The lowest BCUT2D eigenvalue weighted by Crippen LogP contribution is -2.33. The predicted molar refractivity (Wildman–Crippen MR) is 118 cm³/mol. The monoisotopic (exact) mass is 437 g/mol. The first-order valence-corrected chi connectivity index (χ1v) is 10.4. The van der Waals surface area contributed by atoms with Gasteiger partial charge in [-0.1, -0.05) is 0 Å². The van der Waals surface area contributed by atoms with Gasteiger partial charge < -0.3 is 9.47 Å². The summed E-state index contributed by atoms with van der Waals surface area (Å²) in [6.45, 7) is 11.7. The number of hydrogen-bond acceptors (Lipinski definition) is 7. The van der Waals surface area contributed by atoms with Crippen molar-refractivity contribution in [2.24, 2.45) is 0 Å². The molecule has 0 saturated carbocycles. The van der Waals surface area contributed by atoms with Crippen molar-refractivity contribution < 1.29 is 19.1 Å². The molecular weight excluding hydrogens is 410 g/mol. The van der Waals surface area contributed by atoms with E-state index in [2.05, 4.69) is 15.0 Å². The maximum Gasteiger partial charge on any atom is 0.420 e. The van der Waals surface area contributed by atoms with E-state index in [1.165, 1.54) is 10.9 Å². The number of fused-ring (bicyclic) bond motifs is 2. The molecule has 0 saturated heterocycles. The summed E-state index contributed by atoms with van der Waals surface area (Å²) in [7, 11) is 0. The van der Waals surface area contributed by atoms with Gasteiger partial charge in [-0.2, -0.15) is 0 Å². The molecule has 32 heavy (non-hydrogen) atoms. The van der Waals surface area contributed by atoms with Crippen molar-refractivity contribution in [3.05, 3.63) is 42.1 Å². The summed E-state index contributed by atoms with van der Waals surface area (Å²) < 4.78 is 12.4. The van der Waals surface area contributed by atoms with E-state index < -0.39 is 23.4 Å². The van der Waals surface area contributed by atoms with E-state index in [-0.39, 0.29) is 0 Å². The molecule has 0 N–H and O–H groups in total. The Hall–Kier alpha value is -3.49. The van der Waals surface area contributed by atoms with Crippen molar-refractivity contribution in [2.75, 3.05) is 0 Å². The summed E-state index contributed by atoms with van der Waals surface area (Å²) in [6, 6.07) is 3.66. The fraction of sp³-hybridized carbons (Fsp3) is 0.435. The van der Waals surface area contributed by atoms with Gasteiger partial charge in [0.2, 0.25) is 0 Å². The molecule has 0 atom stereocenters. The SMILES string of the molecule is CC(C)(C)OC(=O)N1Cc2ncnc(-c3ccnc4c3ccn4C(=O)OC(C)(C)C)c2C1. The largest absolute Gasteiger partial charge is 0.444 e. The minimum Gasteiger partial charge on any atom is -0.444 e. The number of rotatable bonds is 1. The smallest absolute Gasteiger partial charge is 0.420 e. The average molecular weight is 438 g/mol. The zero-order valence-corrected chi connectivity index (χ0v) is 19.2. The van der Waals surface area contributed by atoms with Gasteiger partial charge in [-0.15, -0.1) is 0 Å². The Kier molecular flexibility index (Phi) is 5.15. The van der Waals surface area contributed by atoms with Crippen LogP contribution in [0.15, 0.2) is 30.9 Å². The standard InChI is InChI=1S/C23H27N5O4/c1-22(2,3)31-20(29)27-11-16-17(12-27)25-13-26-18(16)14-7-9-24-19-15(14)8-10-28(19)21(30)32-23(4,5)6/h7-10,13H,11-12H2,1-6H3. The topological polar surface area (TPSA) is 99.4 Å². The van der Waals surface area contributed by atoms with Crippen molar-refractivity contribution in [3.8, 4) is 11.3 Å². The van der Waals surface area contributed by atoms with Crippen LogP contribution < -0.4 is 0 Å². The van der Waals surface area contributed by atoms with Crippen molar-refractivity contribution in [2.45, 2.75) is 65.8 Å². The molecule has 4 heterocycles. The first-order chi connectivity index (χ1) is 14.9. The lowest BCUT2D eigenvalue weighted by molar-refractivity contribution is 0.0240. The molecule has 0 radical (unpaired) electrons. The molecule has 0 aliphatic carbocycles. The second kappa shape index (κ2) is 7.58. The zero-order chi connectivity index (χ0) is 23.3. The number of pyridine rings is 1. The Morgan fingerprint density at radius 1 is 0.906 bits per heavy atom. The van der Waals surface area contributed by atoms with Crippen molar-refractivity contribution >= 4 is 23.2 Å². The third-order valence-corrected chi connectivity index (χ3v) is 4.81. The van der Waals surface area contributed by atoms with Gasteiger partial charge in [-0.05, 0) is 53.7 Å². The van der Waals surface area contributed by atoms with Crippen LogP contribution in [-0.4, -0.2) is 47.8 Å². The molecule has 168 valence electrons. The molecule has 0 spiro atoms. The van der Waals surface area contributed by atoms with Gasteiger partial charge in [-0.25, -0.2) is 29.1 Å². The summed E-state index contributed by atoms with van der Waals surface area (Å²) in [5, 5.41) is 0.759. The molecule has 0 bridgehead atoms. The van der Waals surface area contributed by atoms with Crippen LogP contribution >= 0.6 is 0 Å². The average Bonchev–Trinajstić information content (AvgIpc) is 3.29. The van der Waals surface area contributed by atoms with E-state index >= 15 is 0 Å². The Labute approximate surface area is 186 Å². The molecule has 3 aromatic heterocycles. The Balaban J connectivity index is 1.70. The van der Waals surface area contributed by atoms with Gasteiger partial charge in [0.05, 0.1) is 24.5 Å². The highest BCUT2D eigenvalue weighted by Gasteiger charge is 2.31. The van der Waals surface area contributed by atoms with E-state index in [1.807, 2.05) is 53.7 Å². The molecule has 0 aromatic carbocycles. The molecule has 9 heteroatoms. The lowest BCUT2D eigenvalue weighted by atomic mass is 10.0. The molecule has 4 rings (SSSR count). The minimum absolute atomic E-state index is 0.344. The first-order valence-electron chi connectivity index (χ1n) is 10.4. The van der Waals surface area contributed by atoms with E-state index in [1.54, 1.807) is 17.3 Å². The highest BCUT2D eigenvalue weighted by atomic mass is 16.6. The Bertz CT molecular complexity index is 1200. The van der Waals surface area contributed by atoms with Crippen LogP contribution in [-0.2, 0) is 22.6 Å². The number of ether oxygens (including phenoxy) is 2. The molecule has 1 aliphatic heterocycles. The molecule has 1 amide bonds. The van der Waals surface area contributed by atoms with Crippen LogP contribution in [0.1, 0.15) is 52.8 Å². The molecule has 1 aliphatic rings. The highest BCUT2D eigenvalue weighted by molar-refractivity contribution is 5.97. The third-order valence-electron chi connectivity index (χ3n) is 4.81. The minimum atomic E-state index is -0.621. The third kappa shape index (κ3) is 4.28. The second-order valence-electron chi connectivity index (χ2n) is 9.75. The predicted octanol–water partition coefficient (Wildman–Crippen LogP) is 4.53. The molecular formula is C23H27N5O4. The number of carbonyl (C=O) groups is 2. The van der Waals surface area contributed by atoms with Crippen molar-refractivity contribution in [1.82, 2.24) is 24.4 Å². The van der Waals surface area contributed by atoms with Crippen molar-refractivity contribution in [3.63, 3.8) is 0 Å². The van der Waals surface area contributed by atoms with Crippen LogP contribution in [0.4, 0.5) is 9.59 Å². The number of amides is 1. The number of aromatic nitrogens is 4. The van der Waals surface area contributed by atoms with Crippen LogP contribution in [0, 0.1) is 0 Å². The highest BCUT2D eigenvalue weighted by Crippen LogP contribution is 2.34. The summed E-state index contributed by atoms with van der Waals surface area (Å²) in [6.07, 6.45) is 3.87. The second-order valence-corrected chi connectivity index (χ2v) is 9.75. The quantitative estimate of drug-likeness (QED) is 0.551. The number of carbonyl (C=O) groups excluding carboxylic acids is 2. The molecule has 0 fully saturated rings. The van der Waals surface area contributed by atoms with Crippen LogP contribution in [0.3, 0.4) is 0 Å². The van der Waals surface area contributed by atoms with Gasteiger partial charge >= 0.3 is 12.2 Å². The summed E-state index contributed by atoms with van der Waals surface area (Å²) >= 11 is 0. The molecule has 0 unspecified atom stereocenters. The van der Waals surface area contributed by atoms with E-state index in [0.717, 1.165) is 22.2 Å². The number of hydrogen-bond donors (Lipinski definition) is 0. The maximum absolute atomic E-state index is 12.6. The first kappa shape index (κ1) is 21.7. The lowest BCUT2D eigenvalue weighted by Gasteiger charge is -2.24. The van der Waals surface area contributed by atoms with Crippen LogP contribution in [0.25, 0.3) is 22.3 Å². The number of nitrogens with zero attached hydrogens (tertiary/aromatic N) is 5. The van der Waals surface area contributed by atoms with Gasteiger partial charge in [0, 0.05) is 28.9 Å². The van der Waals surface area contributed by atoms with Gasteiger partial charge in [0.1, 0.15) is 23.2 Å². The zero-order valence-electron chi connectivity index (χ0n) is 19.2. The van der Waals surface area contributed by atoms with Gasteiger partial charge in [0.25, 0.3) is 0 Å². The van der Waals surface area contributed by atoms with Crippen molar-refractivity contribution in [1.29, 1.82) is 0 Å². The molecule has 9 nitrogen and oxygen atoms in total. The van der Waals surface area contributed by atoms with Gasteiger partial charge in [0.15, 0.2) is 0 Å². The van der Waals surface area contributed by atoms with E-state index in [9.17, 15) is 9.59 Å². The molecule has 3 aromatic rings. The van der Waals surface area contributed by atoms with Gasteiger partial charge in [-0.3, -0.25) is 4.90 Å². The summed E-state index contributed by atoms with van der Waals surface area (Å²) in [5.41, 5.74) is 2.42. The normalized spacial score (nSPS) is 13.9. The Morgan fingerprint density at radius 2 is 1.59 bits per heavy atom. The summed E-state index contributed by atoms with van der Waals surface area (Å²) in [4.78, 5) is 40.1. The Morgan fingerprint density at radius 3 is 2.28 bits per heavy atom. The maximum atomic E-state index is 12.6. The fourth-order valence-electron chi connectivity index (χ4n) is 3.57. The summed E-state index contributed by atoms with van der Waals surface area (Å²) in [5.74, 6) is 0. The van der Waals surface area contributed by atoms with E-state index in [0.29, 0.717) is 24.4 Å². The van der Waals surface area contributed by atoms with Crippen LogP contribution in [0.5, 0.6) is 0 Å². The van der Waals surface area contributed by atoms with E-state index in [4.69, 9.17) is 9.47 Å².